The minimum absolute atomic E-state index is 0.0176. The molecule has 0 radical (unpaired) electrons. The van der Waals surface area contributed by atoms with Gasteiger partial charge in [-0.1, -0.05) is 77.8 Å². The van der Waals surface area contributed by atoms with Crippen molar-refractivity contribution in [2.75, 3.05) is 25.5 Å². The van der Waals surface area contributed by atoms with Crippen LogP contribution in [0, 0.1) is 0 Å². The zero-order valence-corrected chi connectivity index (χ0v) is 22.9. The van der Waals surface area contributed by atoms with Crippen molar-refractivity contribution >= 4 is 46.8 Å². The van der Waals surface area contributed by atoms with Crippen LogP contribution in [0.2, 0.25) is 10.0 Å². The van der Waals surface area contributed by atoms with Crippen molar-refractivity contribution in [2.24, 2.45) is 0 Å². The number of esters is 1. The molecule has 1 aliphatic rings. The lowest BCUT2D eigenvalue weighted by Gasteiger charge is -2.20. The highest BCUT2D eigenvalue weighted by atomic mass is 35.5. The second kappa shape index (κ2) is 13.4. The summed E-state index contributed by atoms with van der Waals surface area (Å²) in [5.41, 5.74) is 3.98. The number of fused-ring (bicyclic) bond motifs is 1. The first-order chi connectivity index (χ1) is 18.9. The molecule has 1 unspecified atom stereocenters. The molecule has 1 aliphatic carbocycles. The van der Waals surface area contributed by atoms with Crippen LogP contribution in [0.3, 0.4) is 0 Å². The number of methoxy groups -OCH3 is 1. The van der Waals surface area contributed by atoms with E-state index >= 15 is 0 Å². The van der Waals surface area contributed by atoms with Gasteiger partial charge in [-0.05, 0) is 48.1 Å². The first-order valence-electron chi connectivity index (χ1n) is 12.6. The number of hydrogen-bond acceptors (Lipinski definition) is 5. The van der Waals surface area contributed by atoms with Crippen LogP contribution in [-0.2, 0) is 22.4 Å². The Kier molecular flexibility index (Phi) is 9.68. The van der Waals surface area contributed by atoms with Gasteiger partial charge in [-0.2, -0.15) is 0 Å². The Morgan fingerprint density at radius 1 is 1.00 bits per heavy atom. The van der Waals surface area contributed by atoms with Crippen molar-refractivity contribution in [2.45, 2.75) is 31.3 Å². The molecular formula is C29H30Cl2N4O4. The molecule has 0 saturated carbocycles. The molecule has 2 atom stereocenters. The van der Waals surface area contributed by atoms with Gasteiger partial charge in [0, 0.05) is 6.54 Å². The lowest BCUT2D eigenvalue weighted by atomic mass is 10.1. The van der Waals surface area contributed by atoms with Crippen molar-refractivity contribution in [3.8, 4) is 0 Å². The van der Waals surface area contributed by atoms with Gasteiger partial charge < -0.3 is 26.0 Å². The quantitative estimate of drug-likeness (QED) is 0.260. The average molecular weight is 569 g/mol. The topological polar surface area (TPSA) is 109 Å². The summed E-state index contributed by atoms with van der Waals surface area (Å²) in [7, 11) is 1.20. The minimum Gasteiger partial charge on any atom is -0.467 e. The second-order valence-electron chi connectivity index (χ2n) is 9.14. The molecule has 3 aromatic carbocycles. The number of urea groups is 1. The van der Waals surface area contributed by atoms with E-state index in [4.69, 9.17) is 27.9 Å². The van der Waals surface area contributed by atoms with Crippen molar-refractivity contribution in [3.05, 3.63) is 99.0 Å². The third-order valence-electron chi connectivity index (χ3n) is 6.59. The maximum Gasteiger partial charge on any atom is 0.330 e. The highest BCUT2D eigenvalue weighted by molar-refractivity contribution is 6.41. The van der Waals surface area contributed by atoms with E-state index in [2.05, 4.69) is 21.3 Å². The Morgan fingerprint density at radius 2 is 1.74 bits per heavy atom. The molecule has 10 heteroatoms. The van der Waals surface area contributed by atoms with Crippen LogP contribution in [0.25, 0.3) is 0 Å². The fraction of sp³-hybridized carbons (Fsp3) is 0.276. The predicted molar refractivity (Wildman–Crippen MR) is 152 cm³/mol. The van der Waals surface area contributed by atoms with Gasteiger partial charge in [0.15, 0.2) is 0 Å². The number of carbonyl (C=O) groups excluding carboxylic acids is 3. The summed E-state index contributed by atoms with van der Waals surface area (Å²) in [5, 5.41) is 11.6. The van der Waals surface area contributed by atoms with E-state index in [1.54, 1.807) is 12.1 Å². The van der Waals surface area contributed by atoms with E-state index in [-0.39, 0.29) is 28.2 Å². The largest absolute Gasteiger partial charge is 0.467 e. The maximum absolute atomic E-state index is 13.2. The fourth-order valence-corrected chi connectivity index (χ4v) is 5.17. The monoisotopic (exact) mass is 568 g/mol. The molecule has 8 nitrogen and oxygen atoms in total. The third-order valence-corrected chi connectivity index (χ3v) is 7.29. The predicted octanol–water partition coefficient (Wildman–Crippen LogP) is 4.91. The summed E-state index contributed by atoms with van der Waals surface area (Å²) in [6.07, 6.45) is 2.42. The number of amides is 3. The number of carbonyl (C=O) groups is 3. The van der Waals surface area contributed by atoms with Gasteiger partial charge in [-0.25, -0.2) is 9.59 Å². The van der Waals surface area contributed by atoms with Crippen LogP contribution in [0.5, 0.6) is 0 Å². The van der Waals surface area contributed by atoms with Crippen molar-refractivity contribution in [3.63, 3.8) is 0 Å². The zero-order valence-electron chi connectivity index (χ0n) is 21.4. The van der Waals surface area contributed by atoms with Crippen LogP contribution in [-0.4, -0.2) is 44.1 Å². The Labute approximate surface area is 237 Å². The van der Waals surface area contributed by atoms with Gasteiger partial charge in [-0.15, -0.1) is 0 Å². The van der Waals surface area contributed by atoms with E-state index in [9.17, 15) is 14.4 Å². The summed E-state index contributed by atoms with van der Waals surface area (Å²) >= 11 is 12.9. The van der Waals surface area contributed by atoms with Crippen LogP contribution in [0.1, 0.15) is 39.5 Å². The highest BCUT2D eigenvalue weighted by Gasteiger charge is 2.27. The fourth-order valence-electron chi connectivity index (χ4n) is 4.56. The summed E-state index contributed by atoms with van der Waals surface area (Å²) in [6.45, 7) is 0.393. The number of benzene rings is 3. The van der Waals surface area contributed by atoms with Crippen molar-refractivity contribution in [1.29, 1.82) is 0 Å². The molecule has 0 aromatic heterocycles. The molecule has 0 fully saturated rings. The van der Waals surface area contributed by atoms with Gasteiger partial charge in [-0.3, -0.25) is 4.79 Å². The lowest BCUT2D eigenvalue weighted by Crippen LogP contribution is -2.51. The molecule has 4 N–H and O–H groups in total. The van der Waals surface area contributed by atoms with Gasteiger partial charge in [0.2, 0.25) is 0 Å². The normalized spacial score (nSPS) is 14.6. The second-order valence-corrected chi connectivity index (χ2v) is 9.93. The summed E-state index contributed by atoms with van der Waals surface area (Å²) in [5.74, 6) is -1.39. The van der Waals surface area contributed by atoms with E-state index in [0.717, 1.165) is 30.4 Å². The summed E-state index contributed by atoms with van der Waals surface area (Å²) < 4.78 is 4.84. The van der Waals surface area contributed by atoms with Crippen LogP contribution >= 0.6 is 23.2 Å². The smallest absolute Gasteiger partial charge is 0.330 e. The summed E-state index contributed by atoms with van der Waals surface area (Å²) in [4.78, 5) is 38.2. The van der Waals surface area contributed by atoms with Gasteiger partial charge in [0.05, 0.1) is 41.0 Å². The number of hydrogen-bond donors (Lipinski definition) is 4. The number of halogens is 2. The zero-order chi connectivity index (χ0) is 27.8. The van der Waals surface area contributed by atoms with E-state index in [1.807, 2.05) is 54.6 Å². The number of anilines is 1. The summed E-state index contributed by atoms with van der Waals surface area (Å²) in [6, 6.07) is 19.4. The van der Waals surface area contributed by atoms with E-state index in [0.29, 0.717) is 12.2 Å². The Morgan fingerprint density at radius 3 is 2.51 bits per heavy atom. The minimum atomic E-state index is -1.16. The van der Waals surface area contributed by atoms with Gasteiger partial charge in [0.25, 0.3) is 5.91 Å². The molecular weight excluding hydrogens is 539 g/mol. The molecule has 3 aromatic rings. The SMILES string of the molecule is COC(=O)[C@H](CNC(=O)NC1CCc2ccccc21)NC(=O)c1c(Cl)ccc(NCCc2ccccc2)c1Cl. The number of rotatable bonds is 10. The molecule has 0 aliphatic heterocycles. The van der Waals surface area contributed by atoms with Crippen LogP contribution < -0.4 is 21.3 Å². The Bertz CT molecular complexity index is 1340. The molecule has 204 valence electrons. The van der Waals surface area contributed by atoms with E-state index in [1.165, 1.54) is 12.7 Å². The van der Waals surface area contributed by atoms with E-state index < -0.39 is 23.9 Å². The molecule has 0 spiro atoms. The lowest BCUT2D eigenvalue weighted by molar-refractivity contribution is -0.142. The third kappa shape index (κ3) is 7.22. The first-order valence-corrected chi connectivity index (χ1v) is 13.4. The van der Waals surface area contributed by atoms with Crippen molar-refractivity contribution < 1.29 is 19.1 Å². The van der Waals surface area contributed by atoms with Gasteiger partial charge in [0.1, 0.15) is 6.04 Å². The molecule has 3 amide bonds. The molecule has 39 heavy (non-hydrogen) atoms. The Balaban J connectivity index is 1.37. The number of nitrogens with one attached hydrogen (secondary N) is 4. The molecule has 0 bridgehead atoms. The highest BCUT2D eigenvalue weighted by Crippen LogP contribution is 2.32. The molecule has 0 saturated heterocycles. The van der Waals surface area contributed by atoms with Crippen molar-refractivity contribution in [1.82, 2.24) is 16.0 Å². The van der Waals surface area contributed by atoms with Crippen LogP contribution in [0.4, 0.5) is 10.5 Å². The maximum atomic E-state index is 13.2. The average Bonchev–Trinajstić information content (AvgIpc) is 3.35. The van der Waals surface area contributed by atoms with Crippen LogP contribution in [0.15, 0.2) is 66.7 Å². The Hall–Kier alpha value is -3.75. The number of ether oxygens (including phenoxy) is 1. The van der Waals surface area contributed by atoms with Gasteiger partial charge >= 0.3 is 12.0 Å². The molecule has 4 rings (SSSR count). The standard InChI is InChI=1S/C29H30Cl2N4O4/c1-39-28(37)24(17-33-29(38)35-22-13-11-19-9-5-6-10-20(19)22)34-27(36)25-21(30)12-14-23(26(25)31)32-16-15-18-7-3-2-4-8-18/h2-10,12,14,22,24,32H,11,13,15-17H2,1H3,(H,34,36)(H2,33,35,38)/t22?,24-/m0/s1. The first kappa shape index (κ1) is 28.3. The number of aryl methyl sites for hydroxylation is 1. The molecule has 0 heterocycles.